The van der Waals surface area contributed by atoms with Crippen molar-refractivity contribution in [2.75, 3.05) is 13.1 Å². The summed E-state index contributed by atoms with van der Waals surface area (Å²) in [7, 11) is 0. The molecule has 0 aromatic carbocycles. The maximum atomic E-state index is 12.3. The molecule has 15 nitrogen and oxygen atoms in total. The number of hydrogen-bond acceptors (Lipinski definition) is 8. The molecule has 0 saturated heterocycles. The molecule has 0 aliphatic heterocycles. The van der Waals surface area contributed by atoms with Crippen LogP contribution in [0.3, 0.4) is 0 Å². The molecule has 0 rings (SSSR count). The number of nitrogens with two attached hydrogens (primary N) is 3. The van der Waals surface area contributed by atoms with E-state index in [1.807, 2.05) is 0 Å². The van der Waals surface area contributed by atoms with Gasteiger partial charge in [0, 0.05) is 12.8 Å². The van der Waals surface area contributed by atoms with E-state index in [0.717, 1.165) is 0 Å². The molecule has 15 heteroatoms. The van der Waals surface area contributed by atoms with Crippen molar-refractivity contribution >= 4 is 41.4 Å². The molecule has 0 heterocycles. The van der Waals surface area contributed by atoms with Crippen LogP contribution in [0.25, 0.3) is 0 Å². The number of primary amides is 2. The number of carbonyl (C=O) groups excluding carboxylic acids is 6. The predicted octanol–water partition coefficient (Wildman–Crippen LogP) is -4.85. The van der Waals surface area contributed by atoms with Gasteiger partial charge in [-0.15, -0.1) is 0 Å². The summed E-state index contributed by atoms with van der Waals surface area (Å²) in [6.07, 6.45) is -0.828. The second kappa shape index (κ2) is 14.3. The molecule has 0 fully saturated rings. The van der Waals surface area contributed by atoms with Crippen LogP contribution in [0.15, 0.2) is 0 Å². The van der Waals surface area contributed by atoms with Gasteiger partial charge in [-0.2, -0.15) is 0 Å². The van der Waals surface area contributed by atoms with Gasteiger partial charge in [0.15, 0.2) is 0 Å². The van der Waals surface area contributed by atoms with E-state index in [9.17, 15) is 33.6 Å². The number of hydrogen-bond donors (Lipinski definition) is 8. The van der Waals surface area contributed by atoms with E-state index in [-0.39, 0.29) is 25.7 Å². The lowest BCUT2D eigenvalue weighted by Crippen LogP contribution is -2.54. The average Bonchev–Trinajstić information content (AvgIpc) is 2.71. The van der Waals surface area contributed by atoms with E-state index in [4.69, 9.17) is 22.3 Å². The number of rotatable bonds is 15. The zero-order valence-electron chi connectivity index (χ0n) is 17.5. The summed E-state index contributed by atoms with van der Waals surface area (Å²) in [5, 5.41) is 17.8. The van der Waals surface area contributed by atoms with Gasteiger partial charge < -0.3 is 43.6 Å². The molecule has 0 aliphatic rings. The van der Waals surface area contributed by atoms with Gasteiger partial charge in [-0.25, -0.2) is 0 Å². The summed E-state index contributed by atoms with van der Waals surface area (Å²) in [5.74, 6) is -5.95. The first-order valence-corrected chi connectivity index (χ1v) is 9.53. The van der Waals surface area contributed by atoms with E-state index in [1.54, 1.807) is 0 Å². The van der Waals surface area contributed by atoms with Crippen molar-refractivity contribution < 1.29 is 38.7 Å². The summed E-state index contributed by atoms with van der Waals surface area (Å²) in [4.78, 5) is 81.0. The second-order valence-electron chi connectivity index (χ2n) is 6.74. The molecule has 180 valence electrons. The van der Waals surface area contributed by atoms with Gasteiger partial charge >= 0.3 is 5.97 Å². The van der Waals surface area contributed by atoms with Crippen molar-refractivity contribution in [3.05, 3.63) is 0 Å². The normalized spacial score (nSPS) is 13.1. The van der Waals surface area contributed by atoms with Crippen molar-refractivity contribution in [2.45, 2.75) is 50.7 Å². The highest BCUT2D eigenvalue weighted by Gasteiger charge is 2.26. The summed E-state index contributed by atoms with van der Waals surface area (Å²) in [6, 6.07) is -3.74. The SMILES string of the molecule is C[C@H](NC(=O)[C@H](CCC(N)=O)NC(=O)CNC(=O)[C@H](CCC(N)=O)NC(=O)CN)C(=O)O. The average molecular weight is 459 g/mol. The van der Waals surface area contributed by atoms with Crippen molar-refractivity contribution in [2.24, 2.45) is 17.2 Å². The van der Waals surface area contributed by atoms with Crippen LogP contribution in [-0.4, -0.2) is 77.7 Å². The fraction of sp³-hybridized carbons (Fsp3) is 0.588. The predicted molar refractivity (Wildman–Crippen MR) is 108 cm³/mol. The molecule has 0 radical (unpaired) electrons. The largest absolute Gasteiger partial charge is 0.480 e. The van der Waals surface area contributed by atoms with Crippen molar-refractivity contribution in [1.82, 2.24) is 21.3 Å². The first-order chi connectivity index (χ1) is 14.9. The van der Waals surface area contributed by atoms with Gasteiger partial charge in [0.05, 0.1) is 13.1 Å². The topological polar surface area (TPSA) is 266 Å². The lowest BCUT2D eigenvalue weighted by molar-refractivity contribution is -0.141. The lowest BCUT2D eigenvalue weighted by Gasteiger charge is -2.20. The molecule has 6 amide bonds. The minimum atomic E-state index is -1.31. The lowest BCUT2D eigenvalue weighted by atomic mass is 10.1. The van der Waals surface area contributed by atoms with Gasteiger partial charge in [-0.3, -0.25) is 33.6 Å². The molecule has 0 aromatic heterocycles. The van der Waals surface area contributed by atoms with Gasteiger partial charge in [0.2, 0.25) is 35.4 Å². The fourth-order valence-corrected chi connectivity index (χ4v) is 2.28. The number of carboxylic acids is 1. The molecule has 0 saturated carbocycles. The summed E-state index contributed by atoms with van der Waals surface area (Å²) in [6.45, 7) is 0.167. The maximum Gasteiger partial charge on any atom is 0.325 e. The Morgan fingerprint density at radius 2 is 1.25 bits per heavy atom. The Kier molecular flexibility index (Phi) is 12.6. The molecule has 0 unspecified atom stereocenters. The molecule has 0 aliphatic carbocycles. The number of carbonyl (C=O) groups is 7. The zero-order valence-corrected chi connectivity index (χ0v) is 17.5. The number of carboxylic acid groups (broad SMARTS) is 1. The number of amides is 6. The minimum Gasteiger partial charge on any atom is -0.480 e. The molecular weight excluding hydrogens is 430 g/mol. The third kappa shape index (κ3) is 12.1. The molecule has 0 aromatic rings. The Bertz CT molecular complexity index is 742. The molecule has 32 heavy (non-hydrogen) atoms. The van der Waals surface area contributed by atoms with Crippen molar-refractivity contribution in [3.63, 3.8) is 0 Å². The molecule has 11 N–H and O–H groups in total. The summed E-state index contributed by atoms with van der Waals surface area (Å²) in [5.41, 5.74) is 15.3. The highest BCUT2D eigenvalue weighted by atomic mass is 16.4. The Morgan fingerprint density at radius 1 is 0.781 bits per heavy atom. The third-order valence-electron chi connectivity index (χ3n) is 4.00. The van der Waals surface area contributed by atoms with Gasteiger partial charge in [-0.05, 0) is 19.8 Å². The van der Waals surface area contributed by atoms with E-state index < -0.39 is 72.6 Å². The Balaban J connectivity index is 5.01. The van der Waals surface area contributed by atoms with E-state index in [0.29, 0.717) is 0 Å². The number of aliphatic carboxylic acids is 1. The van der Waals surface area contributed by atoms with Crippen LogP contribution < -0.4 is 38.5 Å². The monoisotopic (exact) mass is 459 g/mol. The van der Waals surface area contributed by atoms with Crippen LogP contribution >= 0.6 is 0 Å². The first kappa shape index (κ1) is 28.2. The van der Waals surface area contributed by atoms with Crippen LogP contribution in [0.4, 0.5) is 0 Å². The molecule has 0 spiro atoms. The summed E-state index contributed by atoms with van der Waals surface area (Å²) >= 11 is 0. The van der Waals surface area contributed by atoms with Crippen LogP contribution in [-0.2, 0) is 33.6 Å². The van der Waals surface area contributed by atoms with Gasteiger partial charge in [-0.1, -0.05) is 0 Å². The smallest absolute Gasteiger partial charge is 0.325 e. The zero-order chi connectivity index (χ0) is 24.8. The quantitative estimate of drug-likeness (QED) is 0.116. The Morgan fingerprint density at radius 3 is 1.69 bits per heavy atom. The standard InChI is InChI=1S/C17H29N7O8/c1-8(17(31)32)22-16(30)10(3-5-12(20)26)24-14(28)7-21-15(29)9(2-4-11(19)25)23-13(27)6-18/h8-10H,2-7,18H2,1H3,(H2,19,25)(H2,20,26)(H,21,29)(H,22,30)(H,23,27)(H,24,28)(H,31,32)/t8-,9-,10-/m0/s1. The van der Waals surface area contributed by atoms with Crippen LogP contribution in [0.2, 0.25) is 0 Å². The van der Waals surface area contributed by atoms with Gasteiger partial charge in [0.1, 0.15) is 18.1 Å². The van der Waals surface area contributed by atoms with E-state index in [1.165, 1.54) is 6.92 Å². The highest BCUT2D eigenvalue weighted by Crippen LogP contribution is 2.00. The third-order valence-corrected chi connectivity index (χ3v) is 4.00. The van der Waals surface area contributed by atoms with E-state index >= 15 is 0 Å². The second-order valence-corrected chi connectivity index (χ2v) is 6.74. The fourth-order valence-electron chi connectivity index (χ4n) is 2.28. The molecule has 3 atom stereocenters. The van der Waals surface area contributed by atoms with Crippen LogP contribution in [0.5, 0.6) is 0 Å². The summed E-state index contributed by atoms with van der Waals surface area (Å²) < 4.78 is 0. The Hall–Kier alpha value is -3.75. The van der Waals surface area contributed by atoms with Crippen LogP contribution in [0.1, 0.15) is 32.6 Å². The van der Waals surface area contributed by atoms with Gasteiger partial charge in [0.25, 0.3) is 0 Å². The highest BCUT2D eigenvalue weighted by molar-refractivity contribution is 5.94. The minimum absolute atomic E-state index is 0.134. The Labute approximate surface area is 183 Å². The van der Waals surface area contributed by atoms with Crippen LogP contribution in [0, 0.1) is 0 Å². The number of nitrogens with one attached hydrogen (secondary N) is 4. The maximum absolute atomic E-state index is 12.3. The van der Waals surface area contributed by atoms with Crippen molar-refractivity contribution in [1.29, 1.82) is 0 Å². The first-order valence-electron chi connectivity index (χ1n) is 9.53. The van der Waals surface area contributed by atoms with Crippen molar-refractivity contribution in [3.8, 4) is 0 Å². The molecule has 0 bridgehead atoms. The van der Waals surface area contributed by atoms with E-state index in [2.05, 4.69) is 21.3 Å². The molecular formula is C17H29N7O8.